The summed E-state index contributed by atoms with van der Waals surface area (Å²) in [5.41, 5.74) is 10.4. The highest BCUT2D eigenvalue weighted by molar-refractivity contribution is 5.36. The zero-order valence-corrected chi connectivity index (χ0v) is 10.5. The standard InChI is InChI=1S/C13H18N4/c1-9(14)8-13-10(2)16-17(11(13)3)12-4-6-15-7-5-12/h4-7,9H,8,14H2,1-3H3. The van der Waals surface area contributed by atoms with Crippen LogP contribution < -0.4 is 5.73 Å². The number of aryl methyl sites for hydroxylation is 1. The molecule has 0 aromatic carbocycles. The van der Waals surface area contributed by atoms with E-state index < -0.39 is 0 Å². The van der Waals surface area contributed by atoms with Gasteiger partial charge in [0.25, 0.3) is 0 Å². The van der Waals surface area contributed by atoms with Crippen molar-refractivity contribution < 1.29 is 0 Å². The van der Waals surface area contributed by atoms with Crippen molar-refractivity contribution in [1.29, 1.82) is 0 Å². The molecule has 2 heterocycles. The molecular weight excluding hydrogens is 212 g/mol. The Kier molecular flexibility index (Phi) is 3.24. The van der Waals surface area contributed by atoms with Crippen molar-refractivity contribution >= 4 is 0 Å². The number of pyridine rings is 1. The maximum atomic E-state index is 5.86. The van der Waals surface area contributed by atoms with Crippen LogP contribution in [0.2, 0.25) is 0 Å². The second kappa shape index (κ2) is 4.67. The fraction of sp³-hybridized carbons (Fsp3) is 0.385. The van der Waals surface area contributed by atoms with Crippen LogP contribution in [0.5, 0.6) is 0 Å². The third-order valence-electron chi connectivity index (χ3n) is 2.87. The van der Waals surface area contributed by atoms with Crippen LogP contribution in [0.15, 0.2) is 24.5 Å². The van der Waals surface area contributed by atoms with E-state index in [1.807, 2.05) is 30.7 Å². The van der Waals surface area contributed by atoms with Gasteiger partial charge in [-0.2, -0.15) is 5.10 Å². The molecule has 0 saturated carbocycles. The van der Waals surface area contributed by atoms with E-state index in [0.717, 1.165) is 23.5 Å². The zero-order chi connectivity index (χ0) is 12.4. The number of hydrogen-bond donors (Lipinski definition) is 1. The van der Waals surface area contributed by atoms with Crippen molar-refractivity contribution in [2.75, 3.05) is 0 Å². The molecule has 0 saturated heterocycles. The van der Waals surface area contributed by atoms with Gasteiger partial charge in [-0.25, -0.2) is 4.68 Å². The summed E-state index contributed by atoms with van der Waals surface area (Å²) in [6.45, 7) is 6.13. The van der Waals surface area contributed by atoms with Crippen LogP contribution in [0, 0.1) is 13.8 Å². The Morgan fingerprint density at radius 1 is 1.29 bits per heavy atom. The van der Waals surface area contributed by atoms with Gasteiger partial charge in [-0.1, -0.05) is 0 Å². The molecule has 1 atom stereocenters. The molecule has 1 unspecified atom stereocenters. The van der Waals surface area contributed by atoms with E-state index in [4.69, 9.17) is 5.73 Å². The zero-order valence-electron chi connectivity index (χ0n) is 10.5. The summed E-state index contributed by atoms with van der Waals surface area (Å²) in [5, 5.41) is 4.57. The average molecular weight is 230 g/mol. The monoisotopic (exact) mass is 230 g/mol. The van der Waals surface area contributed by atoms with Crippen LogP contribution in [0.1, 0.15) is 23.9 Å². The Bertz CT molecular complexity index is 500. The van der Waals surface area contributed by atoms with Gasteiger partial charge in [-0.15, -0.1) is 0 Å². The molecule has 0 aliphatic rings. The second-order valence-electron chi connectivity index (χ2n) is 4.45. The minimum Gasteiger partial charge on any atom is -0.328 e. The van der Waals surface area contributed by atoms with E-state index in [1.165, 1.54) is 5.56 Å². The van der Waals surface area contributed by atoms with Gasteiger partial charge in [0.05, 0.1) is 11.4 Å². The molecule has 0 spiro atoms. The van der Waals surface area contributed by atoms with Crippen LogP contribution in [0.4, 0.5) is 0 Å². The Hall–Kier alpha value is -1.68. The highest BCUT2D eigenvalue weighted by atomic mass is 15.3. The van der Waals surface area contributed by atoms with E-state index in [2.05, 4.69) is 17.0 Å². The van der Waals surface area contributed by atoms with Gasteiger partial charge in [0.15, 0.2) is 0 Å². The predicted octanol–water partition coefficient (Wildman–Crippen LogP) is 1.77. The minimum atomic E-state index is 0.155. The number of rotatable bonds is 3. The molecule has 0 aliphatic heterocycles. The van der Waals surface area contributed by atoms with Gasteiger partial charge >= 0.3 is 0 Å². The van der Waals surface area contributed by atoms with Gasteiger partial charge in [0.1, 0.15) is 0 Å². The highest BCUT2D eigenvalue weighted by Gasteiger charge is 2.13. The Morgan fingerprint density at radius 3 is 2.53 bits per heavy atom. The molecule has 0 aliphatic carbocycles. The Morgan fingerprint density at radius 2 is 1.94 bits per heavy atom. The first-order valence-electron chi connectivity index (χ1n) is 5.80. The number of nitrogens with zero attached hydrogens (tertiary/aromatic N) is 3. The van der Waals surface area contributed by atoms with Crippen molar-refractivity contribution in [2.45, 2.75) is 33.2 Å². The summed E-state index contributed by atoms with van der Waals surface area (Å²) >= 11 is 0. The smallest absolute Gasteiger partial charge is 0.0679 e. The summed E-state index contributed by atoms with van der Waals surface area (Å²) in [7, 11) is 0. The lowest BCUT2D eigenvalue weighted by atomic mass is 10.1. The molecule has 0 amide bonds. The molecule has 0 fully saturated rings. The van der Waals surface area contributed by atoms with Crippen molar-refractivity contribution in [3.63, 3.8) is 0 Å². The average Bonchev–Trinajstić information content (AvgIpc) is 2.58. The van der Waals surface area contributed by atoms with Crippen LogP contribution in [-0.4, -0.2) is 20.8 Å². The van der Waals surface area contributed by atoms with Crippen molar-refractivity contribution in [1.82, 2.24) is 14.8 Å². The lowest BCUT2D eigenvalue weighted by Gasteiger charge is -2.06. The molecule has 2 aromatic heterocycles. The van der Waals surface area contributed by atoms with Gasteiger partial charge in [-0.3, -0.25) is 4.98 Å². The Labute approximate surface area is 101 Å². The fourth-order valence-electron chi connectivity index (χ4n) is 2.03. The molecule has 2 N–H and O–H groups in total. The first-order valence-corrected chi connectivity index (χ1v) is 5.80. The number of nitrogens with two attached hydrogens (primary N) is 1. The normalized spacial score (nSPS) is 12.7. The quantitative estimate of drug-likeness (QED) is 0.874. The van der Waals surface area contributed by atoms with Crippen LogP contribution in [0.25, 0.3) is 5.69 Å². The van der Waals surface area contributed by atoms with Gasteiger partial charge in [0, 0.05) is 24.1 Å². The minimum absolute atomic E-state index is 0.155. The summed E-state index contributed by atoms with van der Waals surface area (Å²) in [6, 6.07) is 4.06. The van der Waals surface area contributed by atoms with E-state index in [0.29, 0.717) is 0 Å². The largest absolute Gasteiger partial charge is 0.328 e. The molecule has 2 aromatic rings. The topological polar surface area (TPSA) is 56.7 Å². The summed E-state index contributed by atoms with van der Waals surface area (Å²) in [6.07, 6.45) is 4.41. The second-order valence-corrected chi connectivity index (χ2v) is 4.45. The predicted molar refractivity (Wildman–Crippen MR) is 68.2 cm³/mol. The summed E-state index contributed by atoms with van der Waals surface area (Å²) < 4.78 is 1.95. The van der Waals surface area contributed by atoms with E-state index in [1.54, 1.807) is 12.4 Å². The van der Waals surface area contributed by atoms with Crippen LogP contribution >= 0.6 is 0 Å². The van der Waals surface area contributed by atoms with Gasteiger partial charge in [-0.05, 0) is 44.9 Å². The molecular formula is C13H18N4. The maximum Gasteiger partial charge on any atom is 0.0679 e. The van der Waals surface area contributed by atoms with Gasteiger partial charge < -0.3 is 5.73 Å². The molecule has 4 heteroatoms. The third-order valence-corrected chi connectivity index (χ3v) is 2.87. The lowest BCUT2D eigenvalue weighted by Crippen LogP contribution is -2.18. The molecule has 0 bridgehead atoms. The highest BCUT2D eigenvalue weighted by Crippen LogP contribution is 2.18. The number of hydrogen-bond acceptors (Lipinski definition) is 3. The van der Waals surface area contributed by atoms with E-state index >= 15 is 0 Å². The molecule has 4 nitrogen and oxygen atoms in total. The lowest BCUT2D eigenvalue weighted by molar-refractivity contribution is 0.730. The molecule has 90 valence electrons. The van der Waals surface area contributed by atoms with E-state index in [9.17, 15) is 0 Å². The van der Waals surface area contributed by atoms with Crippen LogP contribution in [0.3, 0.4) is 0 Å². The summed E-state index contributed by atoms with van der Waals surface area (Å²) in [4.78, 5) is 4.02. The Balaban J connectivity index is 2.44. The van der Waals surface area contributed by atoms with Crippen molar-refractivity contribution in [3.05, 3.63) is 41.5 Å². The number of aromatic nitrogens is 3. The maximum absolute atomic E-state index is 5.86. The summed E-state index contributed by atoms with van der Waals surface area (Å²) in [5.74, 6) is 0. The third kappa shape index (κ3) is 2.36. The van der Waals surface area contributed by atoms with Gasteiger partial charge in [0.2, 0.25) is 0 Å². The first kappa shape index (κ1) is 11.8. The SMILES string of the molecule is Cc1nn(-c2ccncc2)c(C)c1CC(C)N. The van der Waals surface area contributed by atoms with Crippen LogP contribution in [-0.2, 0) is 6.42 Å². The molecule has 2 rings (SSSR count). The van der Waals surface area contributed by atoms with Crippen molar-refractivity contribution in [2.24, 2.45) is 5.73 Å². The first-order chi connectivity index (χ1) is 8.09. The molecule has 17 heavy (non-hydrogen) atoms. The fourth-order valence-corrected chi connectivity index (χ4v) is 2.03. The molecule has 0 radical (unpaired) electrons. The van der Waals surface area contributed by atoms with E-state index in [-0.39, 0.29) is 6.04 Å². The van der Waals surface area contributed by atoms with Crippen molar-refractivity contribution in [3.8, 4) is 5.69 Å².